The van der Waals surface area contributed by atoms with Gasteiger partial charge in [0.05, 0.1) is 28.9 Å². The summed E-state index contributed by atoms with van der Waals surface area (Å²) < 4.78 is 93.6. The van der Waals surface area contributed by atoms with E-state index in [4.69, 9.17) is 15.2 Å². The van der Waals surface area contributed by atoms with E-state index >= 15 is 0 Å². The van der Waals surface area contributed by atoms with Crippen molar-refractivity contribution in [1.29, 1.82) is 0 Å². The van der Waals surface area contributed by atoms with Crippen LogP contribution in [0.15, 0.2) is 54.4 Å². The number of halogens is 4. The molecule has 4 aromatic rings. The second kappa shape index (κ2) is 12.6. The van der Waals surface area contributed by atoms with E-state index in [1.807, 2.05) is 0 Å². The number of sulfonamides is 1. The number of rotatable bonds is 10. The Morgan fingerprint density at radius 1 is 1.04 bits per heavy atom. The molecular weight excluding hydrogens is 666 g/mol. The Labute approximate surface area is 279 Å². The first-order valence-electron chi connectivity index (χ1n) is 15.7. The zero-order valence-electron chi connectivity index (χ0n) is 26.2. The molecule has 3 heterocycles. The molecule has 0 amide bonds. The summed E-state index contributed by atoms with van der Waals surface area (Å²) in [6.07, 6.45) is 6.75. The van der Waals surface area contributed by atoms with Gasteiger partial charge in [0.25, 0.3) is 0 Å². The molecule has 0 spiro atoms. The first kappa shape index (κ1) is 32.8. The van der Waals surface area contributed by atoms with Crippen LogP contribution in [0.2, 0.25) is 0 Å². The van der Waals surface area contributed by atoms with Crippen LogP contribution in [-0.2, 0) is 16.4 Å². The second-order valence-corrected chi connectivity index (χ2v) is 14.6. The van der Waals surface area contributed by atoms with E-state index in [2.05, 4.69) is 10.1 Å². The number of nitrogens with zero attached hydrogens (tertiary/aromatic N) is 4. The number of para-hydroxylation sites is 1. The topological polar surface area (TPSA) is 130 Å². The highest BCUT2D eigenvalue weighted by molar-refractivity contribution is 7.90. The zero-order chi connectivity index (χ0) is 34.6. The lowest BCUT2D eigenvalue weighted by Crippen LogP contribution is -2.39. The number of ether oxygens (including phenoxy) is 2. The summed E-state index contributed by atoms with van der Waals surface area (Å²) in [6, 6.07) is 8.07. The van der Waals surface area contributed by atoms with Crippen molar-refractivity contribution in [1.82, 2.24) is 19.1 Å². The zero-order valence-corrected chi connectivity index (χ0v) is 27.0. The number of ketones is 1. The van der Waals surface area contributed by atoms with Crippen molar-refractivity contribution < 1.29 is 40.2 Å². The molecular formula is C34H31F4N5O5S. The number of carbonyl (C=O) groups is 1. The van der Waals surface area contributed by atoms with Gasteiger partial charge in [-0.05, 0) is 85.1 Å². The molecule has 10 nitrogen and oxygen atoms in total. The van der Waals surface area contributed by atoms with Gasteiger partial charge in [-0.1, -0.05) is 12.1 Å². The Hall–Kier alpha value is -4.76. The van der Waals surface area contributed by atoms with Gasteiger partial charge in [0, 0.05) is 31.1 Å². The Morgan fingerprint density at radius 2 is 1.76 bits per heavy atom. The number of nitrogens with two attached hydrogens (primary N) is 1. The lowest BCUT2D eigenvalue weighted by Gasteiger charge is -2.32. The summed E-state index contributed by atoms with van der Waals surface area (Å²) in [5.74, 6) is -3.01. The molecule has 2 aromatic carbocycles. The number of allylic oxidation sites excluding steroid dienone is 1. The Balaban J connectivity index is 1.09. The molecule has 0 atom stereocenters. The van der Waals surface area contributed by atoms with E-state index in [1.165, 1.54) is 39.6 Å². The van der Waals surface area contributed by atoms with Crippen LogP contribution in [0.25, 0.3) is 11.8 Å². The molecule has 2 aliphatic carbocycles. The van der Waals surface area contributed by atoms with Crippen molar-refractivity contribution >= 4 is 27.7 Å². The molecule has 2 N–H and O–H groups in total. The number of Topliss-reactive ketones (excluding diaryl/α,β-unsaturated/α-hetero) is 1. The quantitative estimate of drug-likeness (QED) is 0.151. The largest absolute Gasteiger partial charge is 0.435 e. The van der Waals surface area contributed by atoms with E-state index in [0.717, 1.165) is 17.7 Å². The van der Waals surface area contributed by atoms with Gasteiger partial charge in [0.15, 0.2) is 17.4 Å². The maximum atomic E-state index is 14.1. The number of hydrogen-bond donors (Lipinski definition) is 1. The average Bonchev–Trinajstić information content (AvgIpc) is 3.75. The van der Waals surface area contributed by atoms with Crippen LogP contribution in [-0.4, -0.2) is 58.2 Å². The predicted molar refractivity (Wildman–Crippen MR) is 172 cm³/mol. The summed E-state index contributed by atoms with van der Waals surface area (Å²) in [7, 11) is -3.33. The van der Waals surface area contributed by atoms with Crippen molar-refractivity contribution in [3.05, 3.63) is 93.8 Å². The molecule has 3 aliphatic rings. The summed E-state index contributed by atoms with van der Waals surface area (Å²) in [6.45, 7) is -0.778. The van der Waals surface area contributed by atoms with Crippen LogP contribution in [0, 0.1) is 18.6 Å². The van der Waals surface area contributed by atoms with Gasteiger partial charge in [-0.15, -0.1) is 0 Å². The number of carbonyl (C=O) groups excluding carboxylic acids is 1. The SMILES string of the molecule is Cc1cc(Oc2c(F)cccc2F)ncc1-n1ncc(C(=O)C2=Cc3cc(OC(F)F)c(C4CCN(S(=O)(=O)C5CC5)CC4)cc3C2)c1N. The monoisotopic (exact) mass is 697 g/mol. The van der Waals surface area contributed by atoms with Gasteiger partial charge in [-0.3, -0.25) is 4.79 Å². The van der Waals surface area contributed by atoms with Gasteiger partial charge in [0.1, 0.15) is 11.6 Å². The highest BCUT2D eigenvalue weighted by atomic mass is 32.2. The van der Waals surface area contributed by atoms with Crippen molar-refractivity contribution in [3.63, 3.8) is 0 Å². The minimum atomic E-state index is -3.33. The molecule has 2 fully saturated rings. The lowest BCUT2D eigenvalue weighted by atomic mass is 9.87. The fourth-order valence-corrected chi connectivity index (χ4v) is 8.31. The number of aryl methyl sites for hydroxylation is 1. The smallest absolute Gasteiger partial charge is 0.387 e. The molecule has 2 aromatic heterocycles. The fraction of sp³-hybridized carbons (Fsp3) is 0.324. The summed E-state index contributed by atoms with van der Waals surface area (Å²) >= 11 is 0. The minimum absolute atomic E-state index is 0.00248. The third-order valence-corrected chi connectivity index (χ3v) is 11.6. The number of benzene rings is 2. The number of nitrogen functional groups attached to an aromatic ring is 1. The first-order chi connectivity index (χ1) is 23.4. The summed E-state index contributed by atoms with van der Waals surface area (Å²) in [5.41, 5.74) is 9.68. The number of anilines is 1. The molecule has 15 heteroatoms. The predicted octanol–water partition coefficient (Wildman–Crippen LogP) is 6.32. The fourth-order valence-electron chi connectivity index (χ4n) is 6.43. The number of fused-ring (bicyclic) bond motifs is 1. The molecule has 1 saturated heterocycles. The molecule has 1 aliphatic heterocycles. The van der Waals surface area contributed by atoms with Gasteiger partial charge >= 0.3 is 6.61 Å². The minimum Gasteiger partial charge on any atom is -0.435 e. The summed E-state index contributed by atoms with van der Waals surface area (Å²) in [4.78, 5) is 17.8. The van der Waals surface area contributed by atoms with E-state index < -0.39 is 39.8 Å². The standard InChI is InChI=1S/C34H31F4N5O5S/c1-18-11-30(48-32-26(35)3-2-4-27(32)36)40-17-28(18)43-33(39)25(16-41-43)31(44)22-12-20-14-24(29(47-34(37)38)15-21(20)13-22)19-7-9-42(10-8-19)49(45,46)23-5-6-23/h2-4,11,13-17,19,23,34H,5-10,12,39H2,1H3. The van der Waals surface area contributed by atoms with Crippen LogP contribution in [0.5, 0.6) is 17.4 Å². The molecule has 0 radical (unpaired) electrons. The molecule has 7 rings (SSSR count). The molecule has 1 saturated carbocycles. The second-order valence-electron chi connectivity index (χ2n) is 12.4. The van der Waals surface area contributed by atoms with Crippen LogP contribution in [0.3, 0.4) is 0 Å². The number of pyridine rings is 1. The first-order valence-corrected chi connectivity index (χ1v) is 17.2. The average molecular weight is 698 g/mol. The summed E-state index contributed by atoms with van der Waals surface area (Å²) in [5, 5.41) is 3.97. The highest BCUT2D eigenvalue weighted by Crippen LogP contribution is 2.42. The third kappa shape index (κ3) is 6.28. The molecule has 0 unspecified atom stereocenters. The van der Waals surface area contributed by atoms with Crippen LogP contribution >= 0.6 is 0 Å². The van der Waals surface area contributed by atoms with E-state index in [9.17, 15) is 30.8 Å². The van der Waals surface area contributed by atoms with E-state index in [-0.39, 0.29) is 40.6 Å². The highest BCUT2D eigenvalue weighted by Gasteiger charge is 2.41. The van der Waals surface area contributed by atoms with Crippen molar-refractivity contribution in [2.24, 2.45) is 0 Å². The molecule has 256 valence electrons. The van der Waals surface area contributed by atoms with Gasteiger partial charge in [-0.2, -0.15) is 13.9 Å². The van der Waals surface area contributed by atoms with E-state index in [1.54, 1.807) is 19.1 Å². The number of piperidine rings is 1. The van der Waals surface area contributed by atoms with Crippen LogP contribution in [0.4, 0.5) is 23.4 Å². The number of hydrogen-bond acceptors (Lipinski definition) is 8. The third-order valence-electron chi connectivity index (χ3n) is 9.15. The normalized spacial score (nSPS) is 16.9. The van der Waals surface area contributed by atoms with Crippen LogP contribution in [0.1, 0.15) is 64.2 Å². The Morgan fingerprint density at radius 3 is 2.41 bits per heavy atom. The maximum Gasteiger partial charge on any atom is 0.387 e. The Kier molecular flexibility index (Phi) is 8.43. The molecule has 0 bridgehead atoms. The van der Waals surface area contributed by atoms with Crippen LogP contribution < -0.4 is 15.2 Å². The van der Waals surface area contributed by atoms with Gasteiger partial charge in [-0.25, -0.2) is 31.2 Å². The van der Waals surface area contributed by atoms with Gasteiger partial charge < -0.3 is 15.2 Å². The Bertz CT molecular complexity index is 2090. The lowest BCUT2D eigenvalue weighted by molar-refractivity contribution is -0.0507. The van der Waals surface area contributed by atoms with Crippen molar-refractivity contribution in [2.45, 2.75) is 56.8 Å². The number of aromatic nitrogens is 3. The van der Waals surface area contributed by atoms with Crippen molar-refractivity contribution in [3.8, 4) is 23.1 Å². The van der Waals surface area contributed by atoms with Crippen molar-refractivity contribution in [2.75, 3.05) is 18.8 Å². The molecule has 49 heavy (non-hydrogen) atoms. The maximum absolute atomic E-state index is 14.1. The van der Waals surface area contributed by atoms with E-state index in [0.29, 0.717) is 66.7 Å². The number of alkyl halides is 2. The van der Waals surface area contributed by atoms with Gasteiger partial charge in [0.2, 0.25) is 21.7 Å².